The number of carbonyl (C=O) groups is 1. The summed E-state index contributed by atoms with van der Waals surface area (Å²) in [7, 11) is -3.85. The van der Waals surface area contributed by atoms with Crippen molar-refractivity contribution in [1.82, 2.24) is 4.98 Å². The van der Waals surface area contributed by atoms with Crippen molar-refractivity contribution >= 4 is 33.2 Å². The van der Waals surface area contributed by atoms with Crippen LogP contribution in [0.4, 0.5) is 18.9 Å². The Kier molecular flexibility index (Phi) is 9.33. The van der Waals surface area contributed by atoms with Gasteiger partial charge in [0.25, 0.3) is 0 Å². The van der Waals surface area contributed by atoms with E-state index < -0.39 is 26.8 Å². The van der Waals surface area contributed by atoms with Gasteiger partial charge in [-0.05, 0) is 35.7 Å². The molecule has 190 valence electrons. The van der Waals surface area contributed by atoms with Crippen molar-refractivity contribution in [3.63, 3.8) is 0 Å². The second-order valence-electron chi connectivity index (χ2n) is 7.88. The van der Waals surface area contributed by atoms with Crippen molar-refractivity contribution in [3.8, 4) is 0 Å². The Hall–Kier alpha value is -3.11. The van der Waals surface area contributed by atoms with Gasteiger partial charge in [0, 0.05) is 18.4 Å². The first-order chi connectivity index (χ1) is 17.1. The van der Waals surface area contributed by atoms with Gasteiger partial charge in [-0.25, -0.2) is 13.4 Å². The highest BCUT2D eigenvalue weighted by atomic mass is 32.2. The maximum atomic E-state index is 13.1. The minimum absolute atomic E-state index is 0.00836. The number of aromatic nitrogens is 1. The van der Waals surface area contributed by atoms with Crippen LogP contribution in [-0.2, 0) is 27.2 Å². The monoisotopic (exact) mass is 534 g/mol. The summed E-state index contributed by atoms with van der Waals surface area (Å²) < 4.78 is 65.1. The topological polar surface area (TPSA) is 76.1 Å². The highest BCUT2D eigenvalue weighted by Crippen LogP contribution is 2.33. The van der Waals surface area contributed by atoms with Crippen LogP contribution in [0.5, 0.6) is 0 Å². The Morgan fingerprint density at radius 2 is 1.83 bits per heavy atom. The lowest BCUT2D eigenvalue weighted by atomic mass is 10.1. The summed E-state index contributed by atoms with van der Waals surface area (Å²) in [6, 6.07) is 17.2. The maximum Gasteiger partial charge on any atom is 0.416 e. The Balaban J connectivity index is 1.62. The molecule has 36 heavy (non-hydrogen) atoms. The van der Waals surface area contributed by atoms with Gasteiger partial charge in [-0.3, -0.25) is 4.79 Å². The van der Waals surface area contributed by atoms with E-state index in [1.807, 2.05) is 30.3 Å². The highest BCUT2D eigenvalue weighted by molar-refractivity contribution is 8.00. The number of halogens is 3. The number of anilines is 1. The van der Waals surface area contributed by atoms with Crippen molar-refractivity contribution in [1.29, 1.82) is 0 Å². The average molecular weight is 535 g/mol. The number of rotatable bonds is 11. The van der Waals surface area contributed by atoms with E-state index in [1.165, 1.54) is 18.3 Å². The lowest BCUT2D eigenvalue weighted by Crippen LogP contribution is -2.18. The second kappa shape index (κ2) is 12.2. The minimum Gasteiger partial charge on any atom is -0.324 e. The molecule has 1 atom stereocenters. The standard InChI is InChI=1S/C26H25F3N2O3S2/c1-2-23(20-10-6-11-21(18-20)26(27,28)29)36(33,34)17-16-35-25-22(12-7-15-30-25)31-24(32)14-13-19-8-4-3-5-9-19/h2-12,15,18,23H,1,13-14,16-17H2,(H,31,32). The van der Waals surface area contributed by atoms with Gasteiger partial charge in [-0.1, -0.05) is 54.6 Å². The third kappa shape index (κ3) is 7.69. The van der Waals surface area contributed by atoms with Crippen LogP contribution in [0.2, 0.25) is 0 Å². The van der Waals surface area contributed by atoms with E-state index in [2.05, 4.69) is 16.9 Å². The molecule has 5 nitrogen and oxygen atoms in total. The molecule has 1 heterocycles. The molecule has 0 saturated heterocycles. The van der Waals surface area contributed by atoms with E-state index in [4.69, 9.17) is 0 Å². The first-order valence-corrected chi connectivity index (χ1v) is 13.7. The zero-order valence-corrected chi connectivity index (χ0v) is 20.9. The van der Waals surface area contributed by atoms with E-state index in [0.717, 1.165) is 35.5 Å². The largest absolute Gasteiger partial charge is 0.416 e. The number of pyridine rings is 1. The molecule has 0 spiro atoms. The molecule has 0 saturated carbocycles. The number of benzene rings is 2. The van der Waals surface area contributed by atoms with E-state index in [-0.39, 0.29) is 29.4 Å². The van der Waals surface area contributed by atoms with Crippen LogP contribution in [0.3, 0.4) is 0 Å². The molecule has 1 aromatic heterocycles. The molecule has 1 unspecified atom stereocenters. The summed E-state index contributed by atoms with van der Waals surface area (Å²) in [5, 5.41) is 1.99. The first kappa shape index (κ1) is 27.5. The molecule has 2 aromatic carbocycles. The fourth-order valence-corrected chi connectivity index (χ4v) is 6.45. The molecule has 10 heteroatoms. The molecule has 0 aliphatic carbocycles. The predicted molar refractivity (Wildman–Crippen MR) is 137 cm³/mol. The van der Waals surface area contributed by atoms with Crippen LogP contribution >= 0.6 is 11.8 Å². The molecule has 0 aliphatic heterocycles. The number of sulfone groups is 1. The first-order valence-electron chi connectivity index (χ1n) is 11.0. The van der Waals surface area contributed by atoms with E-state index >= 15 is 0 Å². The Morgan fingerprint density at radius 3 is 2.53 bits per heavy atom. The molecule has 3 aromatic rings. The van der Waals surface area contributed by atoms with Gasteiger partial charge >= 0.3 is 6.18 Å². The van der Waals surface area contributed by atoms with E-state index in [9.17, 15) is 26.4 Å². The van der Waals surface area contributed by atoms with Crippen LogP contribution in [-0.4, -0.2) is 30.8 Å². The van der Waals surface area contributed by atoms with Gasteiger partial charge in [0.05, 0.1) is 17.0 Å². The van der Waals surface area contributed by atoms with Gasteiger partial charge in [-0.2, -0.15) is 13.2 Å². The Morgan fingerprint density at radius 1 is 1.08 bits per heavy atom. The molecule has 1 N–H and O–H groups in total. The molecule has 0 aliphatic rings. The molecule has 0 radical (unpaired) electrons. The number of aryl methyl sites for hydroxylation is 1. The third-order valence-corrected chi connectivity index (χ3v) is 8.56. The number of nitrogens with one attached hydrogen (secondary N) is 1. The smallest absolute Gasteiger partial charge is 0.324 e. The Labute approximate surface area is 212 Å². The lowest BCUT2D eigenvalue weighted by Gasteiger charge is -2.16. The van der Waals surface area contributed by atoms with Gasteiger partial charge in [0.1, 0.15) is 10.3 Å². The molecule has 1 amide bonds. The quantitative estimate of drug-likeness (QED) is 0.237. The highest BCUT2D eigenvalue weighted by Gasteiger charge is 2.32. The second-order valence-corrected chi connectivity index (χ2v) is 11.2. The summed E-state index contributed by atoms with van der Waals surface area (Å²) in [6.07, 6.45) is -1.07. The number of alkyl halides is 3. The minimum atomic E-state index is -4.58. The number of thioether (sulfide) groups is 1. The molecular formula is C26H25F3N2O3S2. The lowest BCUT2D eigenvalue weighted by molar-refractivity contribution is -0.137. The molecule has 0 fully saturated rings. The van der Waals surface area contributed by atoms with E-state index in [0.29, 0.717) is 17.1 Å². The number of amides is 1. The SMILES string of the molecule is C=CC(c1cccc(C(F)(F)F)c1)S(=O)(=O)CCSc1ncccc1NC(=O)CCc1ccccc1. The van der Waals surface area contributed by atoms with Crippen molar-refractivity contribution < 1.29 is 26.4 Å². The molecule has 3 rings (SSSR count). The number of carbonyl (C=O) groups excluding carboxylic acids is 1. The van der Waals surface area contributed by atoms with Crippen molar-refractivity contribution in [2.24, 2.45) is 0 Å². The number of hydrogen-bond donors (Lipinski definition) is 1. The Bertz CT molecular complexity index is 1300. The summed E-state index contributed by atoms with van der Waals surface area (Å²) in [5.74, 6) is -0.421. The summed E-state index contributed by atoms with van der Waals surface area (Å²) in [6.45, 7) is 3.52. The average Bonchev–Trinajstić information content (AvgIpc) is 2.84. The predicted octanol–water partition coefficient (Wildman–Crippen LogP) is 6.11. The van der Waals surface area contributed by atoms with Gasteiger partial charge in [0.2, 0.25) is 5.91 Å². The van der Waals surface area contributed by atoms with Gasteiger partial charge in [0.15, 0.2) is 9.84 Å². The summed E-state index contributed by atoms with van der Waals surface area (Å²) >= 11 is 1.14. The van der Waals surface area contributed by atoms with Crippen molar-refractivity contribution in [2.45, 2.75) is 29.3 Å². The van der Waals surface area contributed by atoms with Crippen LogP contribution in [0.25, 0.3) is 0 Å². The normalized spacial score (nSPS) is 12.6. The number of nitrogens with zero attached hydrogens (tertiary/aromatic N) is 1. The third-order valence-electron chi connectivity index (χ3n) is 5.28. The van der Waals surface area contributed by atoms with Crippen LogP contribution in [0.15, 0.2) is 90.6 Å². The molecular weight excluding hydrogens is 509 g/mol. The zero-order chi connectivity index (χ0) is 26.2. The van der Waals surface area contributed by atoms with Crippen molar-refractivity contribution in [2.75, 3.05) is 16.8 Å². The van der Waals surface area contributed by atoms with Crippen molar-refractivity contribution in [3.05, 3.63) is 102 Å². The van der Waals surface area contributed by atoms with E-state index in [1.54, 1.807) is 12.1 Å². The fourth-order valence-electron chi connectivity index (χ4n) is 3.48. The van der Waals surface area contributed by atoms with Gasteiger partial charge < -0.3 is 5.32 Å². The maximum absolute atomic E-state index is 13.1. The summed E-state index contributed by atoms with van der Waals surface area (Å²) in [4.78, 5) is 16.7. The zero-order valence-electron chi connectivity index (χ0n) is 19.2. The summed E-state index contributed by atoms with van der Waals surface area (Å²) in [5.41, 5.74) is 0.596. The number of hydrogen-bond acceptors (Lipinski definition) is 5. The fraction of sp³-hybridized carbons (Fsp3) is 0.231. The van der Waals surface area contributed by atoms with Crippen LogP contribution < -0.4 is 5.32 Å². The van der Waals surface area contributed by atoms with Crippen LogP contribution in [0.1, 0.15) is 28.4 Å². The molecule has 0 bridgehead atoms. The van der Waals surface area contributed by atoms with Gasteiger partial charge in [-0.15, -0.1) is 18.3 Å². The van der Waals surface area contributed by atoms with Crippen LogP contribution in [0, 0.1) is 0 Å².